The Bertz CT molecular complexity index is 490. The summed E-state index contributed by atoms with van der Waals surface area (Å²) in [6.45, 7) is 3.86. The summed E-state index contributed by atoms with van der Waals surface area (Å²) < 4.78 is 39.0. The van der Waals surface area contributed by atoms with Crippen molar-refractivity contribution in [1.82, 2.24) is 0 Å². The fraction of sp³-hybridized carbons (Fsp3) is 0.714. The Hall–Kier alpha value is -2.23. The van der Waals surface area contributed by atoms with Crippen LogP contribution in [0.5, 0.6) is 0 Å². The molecule has 0 N–H and O–H groups in total. The summed E-state index contributed by atoms with van der Waals surface area (Å²) in [4.78, 5) is 44.5. The molecule has 0 amide bonds. The predicted octanol–water partition coefficient (Wildman–Crippen LogP) is 0.0390. The van der Waals surface area contributed by atoms with Crippen LogP contribution in [0, 0.1) is 0 Å². The molecule has 5 atom stereocenters. The molecule has 1 saturated heterocycles. The largest absolute Gasteiger partial charge is 0.463 e. The second kappa shape index (κ2) is 8.57. The topological polar surface area (TPSA) is 114 Å². The molecule has 0 aromatic rings. The van der Waals surface area contributed by atoms with Gasteiger partial charge in [-0.1, -0.05) is 0 Å². The van der Waals surface area contributed by atoms with Crippen LogP contribution in [0.4, 0.5) is 4.39 Å². The highest BCUT2D eigenvalue weighted by molar-refractivity contribution is 5.68. The van der Waals surface area contributed by atoms with Crippen molar-refractivity contribution in [3.63, 3.8) is 0 Å². The van der Waals surface area contributed by atoms with Gasteiger partial charge in [-0.2, -0.15) is 0 Å². The lowest BCUT2D eigenvalue weighted by molar-refractivity contribution is -0.284. The molecule has 1 aliphatic rings. The maximum absolute atomic E-state index is 14.5. The summed E-state index contributed by atoms with van der Waals surface area (Å²) in [5.74, 6) is -3.11. The van der Waals surface area contributed by atoms with E-state index in [2.05, 4.69) is 0 Å². The molecule has 0 spiro atoms. The first-order valence-electron chi connectivity index (χ1n) is 7.06. The van der Waals surface area contributed by atoms with Crippen molar-refractivity contribution in [3.05, 3.63) is 0 Å². The molecule has 1 heterocycles. The number of carbonyl (C=O) groups excluding carboxylic acids is 4. The monoisotopic (exact) mass is 350 g/mol. The summed E-state index contributed by atoms with van der Waals surface area (Å²) in [5, 5.41) is 0. The molecule has 1 rings (SSSR count). The van der Waals surface area contributed by atoms with Gasteiger partial charge in [0.1, 0.15) is 12.7 Å². The van der Waals surface area contributed by atoms with E-state index in [4.69, 9.17) is 23.7 Å². The van der Waals surface area contributed by atoms with Crippen LogP contribution in [-0.4, -0.2) is 61.3 Å². The van der Waals surface area contributed by atoms with E-state index >= 15 is 0 Å². The highest BCUT2D eigenvalue weighted by Crippen LogP contribution is 2.29. The molecule has 0 radical (unpaired) electrons. The van der Waals surface area contributed by atoms with E-state index in [0.717, 1.165) is 27.7 Å². The van der Waals surface area contributed by atoms with Crippen molar-refractivity contribution in [2.75, 3.05) is 6.61 Å². The molecule has 1 aliphatic heterocycles. The van der Waals surface area contributed by atoms with Gasteiger partial charge in [-0.15, -0.1) is 0 Å². The Kier molecular flexibility index (Phi) is 7.08. The SMILES string of the molecule is CC(=O)OCC1O[C@H](OC(C)=O)[C@@H](F)[C@@H](OC(C)=O)[C@@H]1OC(C)=O. The summed E-state index contributed by atoms with van der Waals surface area (Å²) in [7, 11) is 0. The standard InChI is InChI=1S/C14H19FO9/c1-6(16)20-5-10-12(21-7(2)17)13(22-8(3)18)11(15)14(24-10)23-9(4)19/h10-14H,5H2,1-4H3/t10?,11-,12+,13+,14-/m0/s1. The van der Waals surface area contributed by atoms with Gasteiger partial charge in [0, 0.05) is 27.7 Å². The molecule has 0 saturated carbocycles. The van der Waals surface area contributed by atoms with Gasteiger partial charge in [0.2, 0.25) is 12.5 Å². The van der Waals surface area contributed by atoms with E-state index in [0.29, 0.717) is 0 Å². The van der Waals surface area contributed by atoms with Gasteiger partial charge in [-0.05, 0) is 0 Å². The lowest BCUT2D eigenvalue weighted by Crippen LogP contribution is -2.60. The number of rotatable bonds is 5. The molecule has 1 unspecified atom stereocenters. The molecule has 9 nitrogen and oxygen atoms in total. The average Bonchev–Trinajstić information content (AvgIpc) is 2.42. The minimum Gasteiger partial charge on any atom is -0.463 e. The Morgan fingerprint density at radius 3 is 1.79 bits per heavy atom. The van der Waals surface area contributed by atoms with Crippen LogP contribution in [0.25, 0.3) is 0 Å². The van der Waals surface area contributed by atoms with Gasteiger partial charge in [0.25, 0.3) is 0 Å². The lowest BCUT2D eigenvalue weighted by Gasteiger charge is -2.41. The minimum absolute atomic E-state index is 0.421. The number of hydrogen-bond acceptors (Lipinski definition) is 9. The van der Waals surface area contributed by atoms with E-state index in [1.54, 1.807) is 0 Å². The van der Waals surface area contributed by atoms with Crippen LogP contribution < -0.4 is 0 Å². The third-order valence-electron chi connectivity index (χ3n) is 2.91. The van der Waals surface area contributed by atoms with Gasteiger partial charge in [-0.3, -0.25) is 19.2 Å². The van der Waals surface area contributed by atoms with Gasteiger partial charge < -0.3 is 23.7 Å². The Morgan fingerprint density at radius 2 is 1.33 bits per heavy atom. The zero-order valence-corrected chi connectivity index (χ0v) is 13.6. The van der Waals surface area contributed by atoms with Crippen molar-refractivity contribution in [2.24, 2.45) is 0 Å². The quantitative estimate of drug-likeness (QED) is 0.500. The highest BCUT2D eigenvalue weighted by Gasteiger charge is 2.52. The van der Waals surface area contributed by atoms with Crippen LogP contribution in [0.3, 0.4) is 0 Å². The van der Waals surface area contributed by atoms with E-state index in [-0.39, 0.29) is 0 Å². The first-order valence-corrected chi connectivity index (χ1v) is 7.06. The first-order chi connectivity index (χ1) is 11.1. The molecule has 136 valence electrons. The van der Waals surface area contributed by atoms with Gasteiger partial charge in [-0.25, -0.2) is 4.39 Å². The van der Waals surface area contributed by atoms with Crippen molar-refractivity contribution in [2.45, 2.75) is 58.5 Å². The minimum atomic E-state index is -2.10. The fourth-order valence-corrected chi connectivity index (χ4v) is 2.12. The van der Waals surface area contributed by atoms with Crippen molar-refractivity contribution >= 4 is 23.9 Å². The molecule has 1 fully saturated rings. The zero-order valence-electron chi connectivity index (χ0n) is 13.6. The maximum Gasteiger partial charge on any atom is 0.305 e. The number of carbonyl (C=O) groups is 4. The third-order valence-corrected chi connectivity index (χ3v) is 2.91. The van der Waals surface area contributed by atoms with Gasteiger partial charge >= 0.3 is 23.9 Å². The summed E-state index contributed by atoms with van der Waals surface area (Å²) >= 11 is 0. The molecule has 0 aromatic carbocycles. The second-order valence-electron chi connectivity index (χ2n) is 5.05. The zero-order chi connectivity index (χ0) is 18.4. The van der Waals surface area contributed by atoms with Crippen LogP contribution in [-0.2, 0) is 42.9 Å². The smallest absolute Gasteiger partial charge is 0.305 e. The number of hydrogen-bond donors (Lipinski definition) is 0. The highest BCUT2D eigenvalue weighted by atomic mass is 19.1. The maximum atomic E-state index is 14.5. The molecule has 24 heavy (non-hydrogen) atoms. The van der Waals surface area contributed by atoms with Gasteiger partial charge in [0.15, 0.2) is 12.2 Å². The normalized spacial score (nSPS) is 29.3. The Labute approximate surface area is 137 Å². The first kappa shape index (κ1) is 19.8. The van der Waals surface area contributed by atoms with E-state index in [1.807, 2.05) is 0 Å². The Balaban J connectivity index is 3.08. The number of halogens is 1. The van der Waals surface area contributed by atoms with E-state index in [1.165, 1.54) is 0 Å². The summed E-state index contributed by atoms with van der Waals surface area (Å²) in [6, 6.07) is 0. The van der Waals surface area contributed by atoms with Crippen molar-refractivity contribution < 1.29 is 47.3 Å². The predicted molar refractivity (Wildman–Crippen MR) is 73.1 cm³/mol. The molecular weight excluding hydrogens is 331 g/mol. The number of alkyl halides is 1. The van der Waals surface area contributed by atoms with Gasteiger partial charge in [0.05, 0.1) is 0 Å². The van der Waals surface area contributed by atoms with Crippen molar-refractivity contribution in [3.8, 4) is 0 Å². The number of esters is 4. The number of ether oxygens (including phenoxy) is 5. The van der Waals surface area contributed by atoms with Crippen LogP contribution >= 0.6 is 0 Å². The van der Waals surface area contributed by atoms with Crippen LogP contribution in [0.1, 0.15) is 27.7 Å². The molecular formula is C14H19FO9. The summed E-state index contributed by atoms with van der Waals surface area (Å²) in [6.07, 6.45) is -7.98. The summed E-state index contributed by atoms with van der Waals surface area (Å²) in [5.41, 5.74) is 0. The lowest BCUT2D eigenvalue weighted by atomic mass is 9.99. The second-order valence-corrected chi connectivity index (χ2v) is 5.05. The van der Waals surface area contributed by atoms with E-state index in [9.17, 15) is 23.6 Å². The van der Waals surface area contributed by atoms with Crippen molar-refractivity contribution in [1.29, 1.82) is 0 Å². The molecule has 0 bridgehead atoms. The Morgan fingerprint density at radius 1 is 0.833 bits per heavy atom. The van der Waals surface area contributed by atoms with E-state index < -0.39 is 61.3 Å². The third kappa shape index (κ3) is 5.76. The van der Waals surface area contributed by atoms with Crippen LogP contribution in [0.15, 0.2) is 0 Å². The molecule has 10 heteroatoms. The average molecular weight is 350 g/mol. The van der Waals surface area contributed by atoms with Crippen LogP contribution in [0.2, 0.25) is 0 Å². The fourth-order valence-electron chi connectivity index (χ4n) is 2.12. The molecule has 0 aliphatic carbocycles. The molecule has 0 aromatic heterocycles.